The molecule has 0 spiro atoms. The lowest BCUT2D eigenvalue weighted by Crippen LogP contribution is -2.26. The number of fused-ring (bicyclic) bond motifs is 1. The number of benzene rings is 2. The van der Waals surface area contributed by atoms with Gasteiger partial charge in [-0.05, 0) is 56.5 Å². The van der Waals surface area contributed by atoms with E-state index in [2.05, 4.69) is 18.2 Å². The molecule has 26 heavy (non-hydrogen) atoms. The van der Waals surface area contributed by atoms with Crippen LogP contribution in [0.15, 0.2) is 60.8 Å². The number of aromatic nitrogens is 1. The molecule has 0 aliphatic heterocycles. The highest BCUT2D eigenvalue weighted by Crippen LogP contribution is 2.20. The zero-order valence-corrected chi connectivity index (χ0v) is 15.6. The highest BCUT2D eigenvalue weighted by molar-refractivity contribution is 5.89. The van der Waals surface area contributed by atoms with Crippen LogP contribution < -0.4 is 0 Å². The lowest BCUT2D eigenvalue weighted by atomic mass is 10.1. The van der Waals surface area contributed by atoms with Crippen LogP contribution in [0.4, 0.5) is 4.79 Å². The minimum Gasteiger partial charge on any atom is -0.443 e. The van der Waals surface area contributed by atoms with Crippen LogP contribution in [0.1, 0.15) is 31.9 Å². The third-order valence-electron chi connectivity index (χ3n) is 3.99. The molecule has 0 unspecified atom stereocenters. The maximum absolute atomic E-state index is 12.3. The van der Waals surface area contributed by atoms with Crippen LogP contribution >= 0.6 is 0 Å². The fourth-order valence-corrected chi connectivity index (χ4v) is 2.77. The van der Waals surface area contributed by atoms with Crippen molar-refractivity contribution in [2.45, 2.75) is 39.4 Å². The largest absolute Gasteiger partial charge is 0.443 e. The second-order valence-corrected chi connectivity index (χ2v) is 7.35. The number of hydrogen-bond donors (Lipinski definition) is 0. The molecule has 3 aromatic rings. The first-order chi connectivity index (χ1) is 12.4. The summed E-state index contributed by atoms with van der Waals surface area (Å²) >= 11 is 0. The molecular formula is C22H25NO3. The van der Waals surface area contributed by atoms with Gasteiger partial charge in [0.15, 0.2) is 0 Å². The molecule has 0 radical (unpaired) electrons. The van der Waals surface area contributed by atoms with Gasteiger partial charge in [-0.1, -0.05) is 36.4 Å². The Balaban J connectivity index is 1.60. The van der Waals surface area contributed by atoms with Crippen LogP contribution in [0, 0.1) is 0 Å². The summed E-state index contributed by atoms with van der Waals surface area (Å²) in [6.07, 6.45) is 2.24. The van der Waals surface area contributed by atoms with E-state index in [-0.39, 0.29) is 6.09 Å². The second-order valence-electron chi connectivity index (χ2n) is 7.35. The van der Waals surface area contributed by atoms with E-state index in [1.54, 1.807) is 10.8 Å². The molecule has 0 bridgehead atoms. The standard InChI is InChI=1S/C22H25NO3/c1-22(2,3)26-21(24)23-13-11-19-15-17(9-10-20(19)23)12-14-25-16-18-7-5-4-6-8-18/h4-11,13,15H,12,14,16H2,1-3H3. The highest BCUT2D eigenvalue weighted by atomic mass is 16.6. The smallest absolute Gasteiger partial charge is 0.418 e. The topological polar surface area (TPSA) is 40.5 Å². The summed E-state index contributed by atoms with van der Waals surface area (Å²) in [4.78, 5) is 12.3. The molecule has 1 aromatic heterocycles. The van der Waals surface area contributed by atoms with Crippen molar-refractivity contribution in [1.82, 2.24) is 4.57 Å². The van der Waals surface area contributed by atoms with E-state index >= 15 is 0 Å². The van der Waals surface area contributed by atoms with Gasteiger partial charge in [-0.2, -0.15) is 0 Å². The molecule has 2 aromatic carbocycles. The van der Waals surface area contributed by atoms with Crippen molar-refractivity contribution in [2.24, 2.45) is 0 Å². The Morgan fingerprint density at radius 1 is 1.00 bits per heavy atom. The van der Waals surface area contributed by atoms with Gasteiger partial charge in [0.1, 0.15) is 5.60 Å². The van der Waals surface area contributed by atoms with Crippen LogP contribution in [-0.2, 0) is 22.5 Å². The normalized spacial score (nSPS) is 11.7. The molecule has 136 valence electrons. The van der Waals surface area contributed by atoms with Crippen molar-refractivity contribution in [1.29, 1.82) is 0 Å². The van der Waals surface area contributed by atoms with Crippen LogP contribution in [0.25, 0.3) is 10.9 Å². The number of carbonyl (C=O) groups excluding carboxylic acids is 1. The third kappa shape index (κ3) is 4.73. The number of ether oxygens (including phenoxy) is 2. The highest BCUT2D eigenvalue weighted by Gasteiger charge is 2.18. The zero-order chi connectivity index (χ0) is 18.6. The second kappa shape index (κ2) is 7.75. The third-order valence-corrected chi connectivity index (χ3v) is 3.99. The monoisotopic (exact) mass is 351 g/mol. The Morgan fingerprint density at radius 2 is 1.77 bits per heavy atom. The summed E-state index contributed by atoms with van der Waals surface area (Å²) in [5.41, 5.74) is 2.71. The molecule has 0 N–H and O–H groups in total. The molecule has 0 aliphatic rings. The fourth-order valence-electron chi connectivity index (χ4n) is 2.77. The Labute approximate surface area is 154 Å². The van der Waals surface area contributed by atoms with Gasteiger partial charge in [0.2, 0.25) is 0 Å². The zero-order valence-electron chi connectivity index (χ0n) is 15.6. The van der Waals surface area contributed by atoms with E-state index in [1.807, 2.05) is 57.2 Å². The van der Waals surface area contributed by atoms with Crippen molar-refractivity contribution >= 4 is 17.0 Å². The van der Waals surface area contributed by atoms with Gasteiger partial charge in [0.25, 0.3) is 0 Å². The van der Waals surface area contributed by atoms with Gasteiger partial charge in [0, 0.05) is 11.6 Å². The molecule has 0 amide bonds. The van der Waals surface area contributed by atoms with Crippen LogP contribution in [0.3, 0.4) is 0 Å². The summed E-state index contributed by atoms with van der Waals surface area (Å²) < 4.78 is 12.8. The molecule has 0 fully saturated rings. The SMILES string of the molecule is CC(C)(C)OC(=O)n1ccc2cc(CCOCc3ccccc3)ccc21. The van der Waals surface area contributed by atoms with E-state index in [4.69, 9.17) is 9.47 Å². The first-order valence-corrected chi connectivity index (χ1v) is 8.87. The van der Waals surface area contributed by atoms with E-state index in [9.17, 15) is 4.79 Å². The van der Waals surface area contributed by atoms with Crippen LogP contribution in [0.5, 0.6) is 0 Å². The molecule has 4 nitrogen and oxygen atoms in total. The number of rotatable bonds is 5. The average molecular weight is 351 g/mol. The molecular weight excluding hydrogens is 326 g/mol. The Hall–Kier alpha value is -2.59. The predicted molar refractivity (Wildman–Crippen MR) is 103 cm³/mol. The molecule has 3 rings (SSSR count). The van der Waals surface area contributed by atoms with E-state index in [0.29, 0.717) is 13.2 Å². The predicted octanol–water partition coefficient (Wildman–Crippen LogP) is 5.18. The van der Waals surface area contributed by atoms with Gasteiger partial charge in [-0.15, -0.1) is 0 Å². The molecule has 4 heteroatoms. The lowest BCUT2D eigenvalue weighted by molar-refractivity contribution is 0.0544. The molecule has 0 atom stereocenters. The van der Waals surface area contributed by atoms with Gasteiger partial charge in [0.05, 0.1) is 18.7 Å². The first kappa shape index (κ1) is 18.2. The van der Waals surface area contributed by atoms with Crippen molar-refractivity contribution in [3.63, 3.8) is 0 Å². The molecule has 0 saturated carbocycles. The minimum atomic E-state index is -0.510. The van der Waals surface area contributed by atoms with Gasteiger partial charge in [-0.25, -0.2) is 4.79 Å². The summed E-state index contributed by atoms with van der Waals surface area (Å²) in [6, 6.07) is 18.2. The summed E-state index contributed by atoms with van der Waals surface area (Å²) in [6.45, 7) is 6.88. The first-order valence-electron chi connectivity index (χ1n) is 8.87. The summed E-state index contributed by atoms with van der Waals surface area (Å²) in [7, 11) is 0. The number of carbonyl (C=O) groups is 1. The average Bonchev–Trinajstić information content (AvgIpc) is 3.01. The van der Waals surface area contributed by atoms with Crippen molar-refractivity contribution < 1.29 is 14.3 Å². The summed E-state index contributed by atoms with van der Waals surface area (Å²) in [5.74, 6) is 0. The van der Waals surface area contributed by atoms with E-state index in [0.717, 1.165) is 17.3 Å². The number of nitrogens with zero attached hydrogens (tertiary/aromatic N) is 1. The molecule has 0 aliphatic carbocycles. The summed E-state index contributed by atoms with van der Waals surface area (Å²) in [5, 5.41) is 1.02. The maximum Gasteiger partial charge on any atom is 0.418 e. The number of hydrogen-bond acceptors (Lipinski definition) is 3. The fraction of sp³-hybridized carbons (Fsp3) is 0.318. The van der Waals surface area contributed by atoms with Crippen LogP contribution in [-0.4, -0.2) is 22.9 Å². The van der Waals surface area contributed by atoms with Gasteiger partial charge >= 0.3 is 6.09 Å². The maximum atomic E-state index is 12.3. The Kier molecular flexibility index (Phi) is 5.43. The minimum absolute atomic E-state index is 0.355. The van der Waals surface area contributed by atoms with Crippen LogP contribution in [0.2, 0.25) is 0 Å². The van der Waals surface area contributed by atoms with Crippen molar-refractivity contribution in [2.75, 3.05) is 6.61 Å². The molecule has 0 saturated heterocycles. The quantitative estimate of drug-likeness (QED) is 0.594. The van der Waals surface area contributed by atoms with Gasteiger partial charge in [-0.3, -0.25) is 4.57 Å². The molecule has 1 heterocycles. The Morgan fingerprint density at radius 3 is 2.50 bits per heavy atom. The van der Waals surface area contributed by atoms with Crippen molar-refractivity contribution in [3.05, 3.63) is 71.9 Å². The Bertz CT molecular complexity index is 875. The lowest BCUT2D eigenvalue weighted by Gasteiger charge is -2.19. The van der Waals surface area contributed by atoms with Gasteiger partial charge < -0.3 is 9.47 Å². The van der Waals surface area contributed by atoms with Crippen molar-refractivity contribution in [3.8, 4) is 0 Å². The van der Waals surface area contributed by atoms with E-state index < -0.39 is 5.60 Å². The van der Waals surface area contributed by atoms with E-state index in [1.165, 1.54) is 11.1 Å².